The maximum absolute atomic E-state index is 12.9. The zero-order valence-electron chi connectivity index (χ0n) is 9.81. The summed E-state index contributed by atoms with van der Waals surface area (Å²) in [4.78, 5) is 0. The average molecular weight is 286 g/mol. The van der Waals surface area contributed by atoms with Gasteiger partial charge in [-0.25, -0.2) is 0 Å². The summed E-state index contributed by atoms with van der Waals surface area (Å²) in [5, 5.41) is 0. The number of hydrogen-bond acceptors (Lipinski definition) is 1. The van der Waals surface area contributed by atoms with Gasteiger partial charge in [0.25, 0.3) is 0 Å². The van der Waals surface area contributed by atoms with Gasteiger partial charge in [0, 0.05) is 0 Å². The average Bonchev–Trinajstić information content (AvgIpc) is 2.28. The summed E-state index contributed by atoms with van der Waals surface area (Å²) < 4.78 is 81.4. The fourth-order valence-corrected chi connectivity index (χ4v) is 1.19. The van der Waals surface area contributed by atoms with Crippen LogP contribution < -0.4 is 0 Å². The van der Waals surface area contributed by atoms with Crippen molar-refractivity contribution in [3.8, 4) is 0 Å². The van der Waals surface area contributed by atoms with Gasteiger partial charge in [-0.2, -0.15) is 26.3 Å². The molecule has 0 aliphatic heterocycles. The Morgan fingerprint density at radius 3 is 0.895 bits per heavy atom. The Kier molecular flexibility index (Phi) is 4.83. The molecule has 0 saturated heterocycles. The third kappa shape index (κ3) is 2.91. The van der Waals surface area contributed by atoms with Crippen molar-refractivity contribution in [3.05, 3.63) is 50.6 Å². The van der Waals surface area contributed by atoms with E-state index >= 15 is 0 Å². The number of ether oxygens (including phenoxy) is 1. The van der Waals surface area contributed by atoms with Gasteiger partial charge in [-0.1, -0.05) is 26.3 Å². The van der Waals surface area contributed by atoms with E-state index in [-0.39, 0.29) is 24.3 Å². The van der Waals surface area contributed by atoms with Crippen molar-refractivity contribution < 1.29 is 31.1 Å². The fraction of sp³-hybridized carbons (Fsp3) is 0.333. The summed E-state index contributed by atoms with van der Waals surface area (Å²) in [7, 11) is 0. The lowest BCUT2D eigenvalue weighted by atomic mass is 9.98. The van der Waals surface area contributed by atoms with Crippen molar-refractivity contribution in [1.82, 2.24) is 0 Å². The van der Waals surface area contributed by atoms with Gasteiger partial charge in [0.2, 0.25) is 11.2 Å². The van der Waals surface area contributed by atoms with Crippen LogP contribution in [0.4, 0.5) is 26.3 Å². The Balaban J connectivity index is 5.94. The van der Waals surface area contributed by atoms with E-state index in [1.165, 1.54) is 0 Å². The Morgan fingerprint density at radius 2 is 0.789 bits per heavy atom. The topological polar surface area (TPSA) is 9.23 Å². The van der Waals surface area contributed by atoms with E-state index in [4.69, 9.17) is 0 Å². The molecular formula is C12H12F6O. The van der Waals surface area contributed by atoms with Crippen LogP contribution in [0, 0.1) is 0 Å². The van der Waals surface area contributed by atoms with E-state index in [9.17, 15) is 26.3 Å². The van der Waals surface area contributed by atoms with E-state index in [2.05, 4.69) is 31.1 Å². The van der Waals surface area contributed by atoms with Crippen LogP contribution in [-0.4, -0.2) is 23.6 Å². The number of rotatable bonds is 6. The lowest BCUT2D eigenvalue weighted by Gasteiger charge is -2.39. The molecule has 0 saturated carbocycles. The predicted octanol–water partition coefficient (Wildman–Crippen LogP) is 4.35. The Hall–Kier alpha value is -1.50. The van der Waals surface area contributed by atoms with E-state index in [0.717, 1.165) is 0 Å². The Labute approximate surface area is 106 Å². The molecule has 0 amide bonds. The molecule has 0 rings (SSSR count). The maximum Gasteiger partial charge on any atom is 0.424 e. The van der Waals surface area contributed by atoms with E-state index in [1.807, 2.05) is 0 Å². The first-order valence-electron chi connectivity index (χ1n) is 4.83. The summed E-state index contributed by atoms with van der Waals surface area (Å²) in [6.07, 6.45) is -9.58. The first-order chi connectivity index (χ1) is 8.45. The number of hydrogen-bond donors (Lipinski definition) is 0. The summed E-state index contributed by atoms with van der Waals surface area (Å²) >= 11 is 0. The molecule has 7 heteroatoms. The first-order valence-corrected chi connectivity index (χ1v) is 4.83. The highest BCUT2D eigenvalue weighted by Crippen LogP contribution is 2.45. The van der Waals surface area contributed by atoms with E-state index in [0.29, 0.717) is 0 Å². The summed E-state index contributed by atoms with van der Waals surface area (Å²) in [6.45, 7) is 11.4. The van der Waals surface area contributed by atoms with Gasteiger partial charge in [-0.05, 0) is 24.3 Å². The van der Waals surface area contributed by atoms with Gasteiger partial charge in [-0.15, -0.1) is 0 Å². The van der Waals surface area contributed by atoms with E-state index < -0.39 is 23.6 Å². The number of halogens is 6. The lowest BCUT2D eigenvalue weighted by Crippen LogP contribution is -2.55. The van der Waals surface area contributed by atoms with Crippen LogP contribution in [0.3, 0.4) is 0 Å². The molecule has 1 nitrogen and oxygen atoms in total. The molecule has 0 heterocycles. The van der Waals surface area contributed by atoms with Crippen molar-refractivity contribution in [1.29, 1.82) is 0 Å². The quantitative estimate of drug-likeness (QED) is 0.521. The molecular weight excluding hydrogens is 274 g/mol. The minimum absolute atomic E-state index is 0.188. The fourth-order valence-electron chi connectivity index (χ4n) is 1.19. The lowest BCUT2D eigenvalue weighted by molar-refractivity contribution is -0.311. The maximum atomic E-state index is 12.9. The largest absolute Gasteiger partial charge is 0.424 e. The van der Waals surface area contributed by atoms with Crippen molar-refractivity contribution in [2.24, 2.45) is 0 Å². The molecule has 0 aromatic rings. The van der Waals surface area contributed by atoms with Gasteiger partial charge in [0.15, 0.2) is 0 Å². The monoisotopic (exact) mass is 286 g/mol. The first kappa shape index (κ1) is 17.5. The second-order valence-electron chi connectivity index (χ2n) is 3.50. The minimum atomic E-state index is -5.17. The molecule has 108 valence electrons. The van der Waals surface area contributed by atoms with Crippen molar-refractivity contribution in [2.75, 3.05) is 0 Å². The molecule has 19 heavy (non-hydrogen) atoms. The highest BCUT2D eigenvalue weighted by atomic mass is 19.4. The summed E-state index contributed by atoms with van der Waals surface area (Å²) in [5.41, 5.74) is -6.74. The minimum Gasteiger partial charge on any atom is -0.333 e. The zero-order chi connectivity index (χ0) is 15.5. The third-order valence-corrected chi connectivity index (χ3v) is 2.44. The van der Waals surface area contributed by atoms with Crippen LogP contribution in [0.2, 0.25) is 0 Å². The normalized spacial score (nSPS) is 13.8. The predicted molar refractivity (Wildman–Crippen MR) is 59.4 cm³/mol. The third-order valence-electron chi connectivity index (χ3n) is 2.44. The van der Waals surface area contributed by atoms with Crippen LogP contribution in [-0.2, 0) is 4.74 Å². The van der Waals surface area contributed by atoms with E-state index in [1.54, 1.807) is 0 Å². The number of alkyl halides is 6. The Bertz CT molecular complexity index is 325. The summed E-state index contributed by atoms with van der Waals surface area (Å²) in [5.74, 6) is 0. The second-order valence-corrected chi connectivity index (χ2v) is 3.50. The van der Waals surface area contributed by atoms with Gasteiger partial charge in [0.1, 0.15) is 0 Å². The molecule has 0 N–H and O–H groups in total. The summed E-state index contributed by atoms with van der Waals surface area (Å²) in [6, 6.07) is 0. The molecule has 0 aromatic carbocycles. The highest BCUT2D eigenvalue weighted by Gasteiger charge is 2.61. The van der Waals surface area contributed by atoms with Crippen molar-refractivity contribution in [3.63, 3.8) is 0 Å². The van der Waals surface area contributed by atoms with Crippen LogP contribution in [0.1, 0.15) is 0 Å². The molecule has 0 fully saturated rings. The molecule has 0 unspecified atom stereocenters. The van der Waals surface area contributed by atoms with Crippen LogP contribution in [0.25, 0.3) is 0 Å². The smallest absolute Gasteiger partial charge is 0.333 e. The van der Waals surface area contributed by atoms with Gasteiger partial charge < -0.3 is 4.74 Å². The van der Waals surface area contributed by atoms with Gasteiger partial charge in [-0.3, -0.25) is 0 Å². The molecule has 0 aliphatic carbocycles. The molecule has 0 bridgehead atoms. The Morgan fingerprint density at radius 1 is 0.579 bits per heavy atom. The molecule has 0 aliphatic rings. The molecule has 0 spiro atoms. The van der Waals surface area contributed by atoms with Crippen molar-refractivity contribution >= 4 is 0 Å². The molecule has 0 atom stereocenters. The SMILES string of the molecule is C=CC(C=C)(OC(C=C)(C=C)C(F)(F)F)C(F)(F)F. The zero-order valence-corrected chi connectivity index (χ0v) is 9.81. The second kappa shape index (κ2) is 5.24. The van der Waals surface area contributed by atoms with Crippen LogP contribution in [0.5, 0.6) is 0 Å². The van der Waals surface area contributed by atoms with Crippen LogP contribution >= 0.6 is 0 Å². The van der Waals surface area contributed by atoms with Gasteiger partial charge in [0.05, 0.1) is 0 Å². The molecule has 0 aromatic heterocycles. The highest BCUT2D eigenvalue weighted by molar-refractivity contribution is 5.22. The van der Waals surface area contributed by atoms with Gasteiger partial charge >= 0.3 is 12.4 Å². The standard InChI is InChI=1S/C12H12F6O/c1-5-9(6-2,11(13,14)15)19-10(7-3,8-4)12(16,17)18/h5-8H,1-4H2. The van der Waals surface area contributed by atoms with Crippen molar-refractivity contribution in [2.45, 2.75) is 23.6 Å². The van der Waals surface area contributed by atoms with Crippen LogP contribution in [0.15, 0.2) is 50.6 Å². The molecule has 0 radical (unpaired) electrons.